The number of hydrogen-bond donors (Lipinski definition) is 0. The molecule has 0 radical (unpaired) electrons. The van der Waals surface area contributed by atoms with Crippen LogP contribution >= 0.6 is 0 Å². The molecule has 0 fully saturated rings. The Morgan fingerprint density at radius 2 is 1.59 bits per heavy atom. The first kappa shape index (κ1) is 23.8. The number of hydrogen-bond acceptors (Lipinski definition) is 3. The quantitative estimate of drug-likeness (QED) is 0.257. The zero-order valence-electron chi connectivity index (χ0n) is 18.3. The molecule has 0 atom stereocenters. The van der Waals surface area contributed by atoms with Crippen LogP contribution in [0.2, 0.25) is 0 Å². The van der Waals surface area contributed by atoms with E-state index in [0.29, 0.717) is 12.0 Å². The van der Waals surface area contributed by atoms with Gasteiger partial charge < -0.3 is 14.2 Å². The molecule has 4 rings (SSSR count). The van der Waals surface area contributed by atoms with Gasteiger partial charge in [0, 0.05) is 17.5 Å². The molecule has 1 aliphatic rings. The SMILES string of the molecule is CCCc1ccc(OC(F)(F)c2ccc3c(c2F)Oc2c(cc(OCC)c(F)c2F)C3)c(F)c1. The lowest BCUT2D eigenvalue weighted by atomic mass is 9.97. The normalized spacial score (nSPS) is 12.6. The molecule has 0 bridgehead atoms. The summed E-state index contributed by atoms with van der Waals surface area (Å²) < 4.78 is 103. The number of ether oxygens (including phenoxy) is 3. The second-order valence-corrected chi connectivity index (χ2v) is 7.75. The van der Waals surface area contributed by atoms with Crippen LogP contribution in [0, 0.1) is 23.3 Å². The van der Waals surface area contributed by atoms with E-state index < -0.39 is 52.2 Å². The lowest BCUT2D eigenvalue weighted by molar-refractivity contribution is -0.189. The van der Waals surface area contributed by atoms with Crippen molar-refractivity contribution in [3.05, 3.63) is 81.9 Å². The molecule has 1 heterocycles. The minimum Gasteiger partial charge on any atom is -0.491 e. The number of benzene rings is 3. The number of aryl methyl sites for hydroxylation is 1. The third kappa shape index (κ3) is 4.26. The van der Waals surface area contributed by atoms with E-state index in [1.807, 2.05) is 6.92 Å². The van der Waals surface area contributed by atoms with Crippen molar-refractivity contribution in [2.45, 2.75) is 39.2 Å². The first-order valence-electron chi connectivity index (χ1n) is 10.6. The molecular weight excluding hydrogens is 462 g/mol. The van der Waals surface area contributed by atoms with Crippen molar-refractivity contribution in [2.24, 2.45) is 0 Å². The summed E-state index contributed by atoms with van der Waals surface area (Å²) in [6.45, 7) is 3.56. The standard InChI is InChI=1S/C25H20F6O3/c1-3-5-13-6-9-18(17(26)10-13)34-25(30,31)16-8-7-14-11-15-12-19(32-4-2)21(28)22(29)24(15)33-23(14)20(16)27/h6-10,12H,3-5,11H2,1-2H3. The molecule has 3 aromatic rings. The molecule has 0 unspecified atom stereocenters. The maximum atomic E-state index is 15.1. The van der Waals surface area contributed by atoms with E-state index in [9.17, 15) is 22.0 Å². The Morgan fingerprint density at radius 3 is 2.26 bits per heavy atom. The summed E-state index contributed by atoms with van der Waals surface area (Å²) in [5.41, 5.74) is -0.338. The summed E-state index contributed by atoms with van der Waals surface area (Å²) in [6, 6.07) is 6.73. The first-order valence-corrected chi connectivity index (χ1v) is 10.6. The van der Waals surface area contributed by atoms with Gasteiger partial charge in [-0.1, -0.05) is 25.5 Å². The molecule has 1 aliphatic heterocycles. The van der Waals surface area contributed by atoms with Crippen LogP contribution in [-0.4, -0.2) is 6.61 Å². The fourth-order valence-corrected chi connectivity index (χ4v) is 3.78. The van der Waals surface area contributed by atoms with Gasteiger partial charge in [0.15, 0.2) is 34.6 Å². The van der Waals surface area contributed by atoms with Crippen LogP contribution in [0.25, 0.3) is 0 Å². The molecule has 0 spiro atoms. The summed E-state index contributed by atoms with van der Waals surface area (Å²) in [4.78, 5) is 0. The predicted molar refractivity (Wildman–Crippen MR) is 112 cm³/mol. The van der Waals surface area contributed by atoms with E-state index in [1.54, 1.807) is 6.92 Å². The maximum absolute atomic E-state index is 15.1. The van der Waals surface area contributed by atoms with Gasteiger partial charge in [0.1, 0.15) is 5.56 Å². The van der Waals surface area contributed by atoms with E-state index in [1.165, 1.54) is 12.1 Å². The zero-order valence-corrected chi connectivity index (χ0v) is 18.3. The van der Waals surface area contributed by atoms with Crippen LogP contribution < -0.4 is 14.2 Å². The molecule has 3 aromatic carbocycles. The minimum absolute atomic E-state index is 0.0849. The van der Waals surface area contributed by atoms with E-state index in [-0.39, 0.29) is 29.9 Å². The van der Waals surface area contributed by atoms with Crippen molar-refractivity contribution in [3.8, 4) is 23.0 Å². The van der Waals surface area contributed by atoms with Gasteiger partial charge in [-0.3, -0.25) is 0 Å². The fourth-order valence-electron chi connectivity index (χ4n) is 3.78. The molecule has 0 amide bonds. The molecule has 0 saturated carbocycles. The zero-order chi connectivity index (χ0) is 24.6. The Labute approximate surface area is 191 Å². The highest BCUT2D eigenvalue weighted by atomic mass is 19.3. The summed E-state index contributed by atoms with van der Waals surface area (Å²) in [6.07, 6.45) is -3.11. The molecule has 9 heteroatoms. The van der Waals surface area contributed by atoms with Crippen molar-refractivity contribution < 1.29 is 40.6 Å². The highest BCUT2D eigenvalue weighted by Crippen LogP contribution is 2.46. The van der Waals surface area contributed by atoms with Gasteiger partial charge in [0.05, 0.1) is 6.61 Å². The van der Waals surface area contributed by atoms with Gasteiger partial charge in [0.2, 0.25) is 11.6 Å². The van der Waals surface area contributed by atoms with E-state index in [2.05, 4.69) is 4.74 Å². The van der Waals surface area contributed by atoms with Crippen molar-refractivity contribution in [2.75, 3.05) is 6.61 Å². The number of halogens is 6. The second-order valence-electron chi connectivity index (χ2n) is 7.75. The highest BCUT2D eigenvalue weighted by molar-refractivity contribution is 5.55. The molecule has 0 aliphatic carbocycles. The van der Waals surface area contributed by atoms with Gasteiger partial charge in [-0.15, -0.1) is 0 Å². The van der Waals surface area contributed by atoms with E-state index in [0.717, 1.165) is 30.7 Å². The van der Waals surface area contributed by atoms with Gasteiger partial charge >= 0.3 is 6.11 Å². The number of fused-ring (bicyclic) bond motifs is 2. The molecular formula is C25H20F6O3. The molecule has 3 nitrogen and oxygen atoms in total. The Bertz CT molecular complexity index is 1240. The van der Waals surface area contributed by atoms with E-state index in [4.69, 9.17) is 9.47 Å². The lowest BCUT2D eigenvalue weighted by Gasteiger charge is -2.25. The van der Waals surface area contributed by atoms with Crippen molar-refractivity contribution in [1.82, 2.24) is 0 Å². The number of alkyl halides is 2. The molecule has 0 aromatic heterocycles. The number of rotatable bonds is 7. The average Bonchev–Trinajstić information content (AvgIpc) is 2.79. The Kier molecular flexibility index (Phi) is 6.38. The Morgan fingerprint density at radius 1 is 0.853 bits per heavy atom. The van der Waals surface area contributed by atoms with Crippen LogP contribution in [0.15, 0.2) is 36.4 Å². The molecule has 0 N–H and O–H groups in total. The molecule has 180 valence electrons. The van der Waals surface area contributed by atoms with Crippen molar-refractivity contribution >= 4 is 0 Å². The van der Waals surface area contributed by atoms with E-state index >= 15 is 4.39 Å². The van der Waals surface area contributed by atoms with Crippen LogP contribution in [0.3, 0.4) is 0 Å². The third-order valence-corrected chi connectivity index (χ3v) is 5.36. The van der Waals surface area contributed by atoms with Crippen LogP contribution in [-0.2, 0) is 19.0 Å². The smallest absolute Gasteiger partial charge is 0.429 e. The van der Waals surface area contributed by atoms with Crippen molar-refractivity contribution in [1.29, 1.82) is 0 Å². The van der Waals surface area contributed by atoms with Gasteiger partial charge in [-0.25, -0.2) is 8.78 Å². The Hall–Kier alpha value is -3.36. The molecule has 34 heavy (non-hydrogen) atoms. The third-order valence-electron chi connectivity index (χ3n) is 5.36. The first-order chi connectivity index (χ1) is 16.2. The van der Waals surface area contributed by atoms with Crippen LogP contribution in [0.1, 0.15) is 42.5 Å². The highest BCUT2D eigenvalue weighted by Gasteiger charge is 2.41. The van der Waals surface area contributed by atoms with Gasteiger partial charge in [-0.05, 0) is 43.2 Å². The maximum Gasteiger partial charge on any atom is 0.429 e. The van der Waals surface area contributed by atoms with Crippen molar-refractivity contribution in [3.63, 3.8) is 0 Å². The average molecular weight is 482 g/mol. The fraction of sp³-hybridized carbons (Fsp3) is 0.280. The second kappa shape index (κ2) is 9.12. The minimum atomic E-state index is -4.28. The largest absolute Gasteiger partial charge is 0.491 e. The topological polar surface area (TPSA) is 27.7 Å². The monoisotopic (exact) mass is 482 g/mol. The van der Waals surface area contributed by atoms with Crippen LogP contribution in [0.4, 0.5) is 26.3 Å². The summed E-state index contributed by atoms with van der Waals surface area (Å²) in [5, 5.41) is 0. The summed E-state index contributed by atoms with van der Waals surface area (Å²) in [5.74, 6) is -7.70. The molecule has 0 saturated heterocycles. The summed E-state index contributed by atoms with van der Waals surface area (Å²) in [7, 11) is 0. The predicted octanol–water partition coefficient (Wildman–Crippen LogP) is 7.42. The summed E-state index contributed by atoms with van der Waals surface area (Å²) >= 11 is 0. The van der Waals surface area contributed by atoms with Crippen LogP contribution in [0.5, 0.6) is 23.0 Å². The van der Waals surface area contributed by atoms with Gasteiger partial charge in [-0.2, -0.15) is 17.6 Å². The lowest BCUT2D eigenvalue weighted by Crippen LogP contribution is -2.25. The van der Waals surface area contributed by atoms with Gasteiger partial charge in [0.25, 0.3) is 0 Å². The Balaban J connectivity index is 1.67.